The first-order valence-corrected chi connectivity index (χ1v) is 6.15. The van der Waals surface area contributed by atoms with Crippen molar-refractivity contribution in [2.75, 3.05) is 13.2 Å². The highest BCUT2D eigenvalue weighted by atomic mass is 16.5. The highest BCUT2D eigenvalue weighted by Gasteiger charge is 2.19. The lowest BCUT2D eigenvalue weighted by Gasteiger charge is -2.22. The van der Waals surface area contributed by atoms with Crippen LogP contribution in [0.5, 0.6) is 0 Å². The Kier molecular flexibility index (Phi) is 2.98. The summed E-state index contributed by atoms with van der Waals surface area (Å²) >= 11 is 0. The molecule has 3 rings (SSSR count). The molecule has 0 radical (unpaired) electrons. The Hall–Kier alpha value is -1.88. The maximum absolute atomic E-state index is 12.2. The largest absolute Gasteiger partial charge is 0.381 e. The zero-order valence-corrected chi connectivity index (χ0v) is 9.98. The summed E-state index contributed by atoms with van der Waals surface area (Å²) < 4.78 is 5.27. The van der Waals surface area contributed by atoms with Crippen LogP contribution in [0.25, 0.3) is 11.0 Å². The van der Waals surface area contributed by atoms with Crippen molar-refractivity contribution in [1.29, 1.82) is 0 Å². The number of pyridine rings is 1. The number of H-pyrrole nitrogens is 1. The van der Waals surface area contributed by atoms with Crippen LogP contribution >= 0.6 is 0 Å². The SMILES string of the molecule is O=C(NC1CCOCC1)c1c[nH]c2cccnc12. The second-order valence-electron chi connectivity index (χ2n) is 4.46. The molecule has 0 saturated carbocycles. The van der Waals surface area contributed by atoms with Gasteiger partial charge in [0.05, 0.1) is 11.1 Å². The van der Waals surface area contributed by atoms with Crippen LogP contribution in [0.1, 0.15) is 23.2 Å². The number of nitrogens with zero attached hydrogens (tertiary/aromatic N) is 1. The number of ether oxygens (including phenoxy) is 1. The van der Waals surface area contributed by atoms with Crippen molar-refractivity contribution in [1.82, 2.24) is 15.3 Å². The molecule has 1 saturated heterocycles. The Labute approximate surface area is 105 Å². The molecule has 1 fully saturated rings. The minimum Gasteiger partial charge on any atom is -0.381 e. The molecular weight excluding hydrogens is 230 g/mol. The van der Waals surface area contributed by atoms with E-state index in [1.165, 1.54) is 0 Å². The van der Waals surface area contributed by atoms with Gasteiger partial charge in [-0.1, -0.05) is 0 Å². The van der Waals surface area contributed by atoms with E-state index in [-0.39, 0.29) is 11.9 Å². The molecular formula is C13H15N3O2. The molecule has 5 heteroatoms. The van der Waals surface area contributed by atoms with Crippen molar-refractivity contribution < 1.29 is 9.53 Å². The van der Waals surface area contributed by atoms with Gasteiger partial charge < -0.3 is 15.0 Å². The molecule has 5 nitrogen and oxygen atoms in total. The molecule has 0 unspecified atom stereocenters. The maximum Gasteiger partial charge on any atom is 0.255 e. The van der Waals surface area contributed by atoms with Crippen LogP contribution in [0.3, 0.4) is 0 Å². The van der Waals surface area contributed by atoms with Gasteiger partial charge in [0.25, 0.3) is 5.91 Å². The third-order valence-electron chi connectivity index (χ3n) is 3.24. The van der Waals surface area contributed by atoms with Gasteiger partial charge in [-0.3, -0.25) is 9.78 Å². The van der Waals surface area contributed by atoms with E-state index in [4.69, 9.17) is 4.74 Å². The van der Waals surface area contributed by atoms with Crippen LogP contribution in [-0.4, -0.2) is 35.1 Å². The predicted octanol–water partition coefficient (Wildman–Crippen LogP) is 1.47. The standard InChI is InChI=1S/C13H15N3O2/c17-13(16-9-3-6-18-7-4-9)10-8-15-11-2-1-5-14-12(10)11/h1-2,5,8-9,15H,3-4,6-7H2,(H,16,17). The smallest absolute Gasteiger partial charge is 0.255 e. The van der Waals surface area contributed by atoms with Crippen molar-refractivity contribution in [3.8, 4) is 0 Å². The first kappa shape index (κ1) is 11.2. The second kappa shape index (κ2) is 4.78. The van der Waals surface area contributed by atoms with Gasteiger partial charge in [-0.25, -0.2) is 0 Å². The molecule has 18 heavy (non-hydrogen) atoms. The first-order valence-electron chi connectivity index (χ1n) is 6.15. The topological polar surface area (TPSA) is 67.0 Å². The van der Waals surface area contributed by atoms with Crippen molar-refractivity contribution in [3.05, 3.63) is 30.1 Å². The third-order valence-corrected chi connectivity index (χ3v) is 3.24. The lowest BCUT2D eigenvalue weighted by molar-refractivity contribution is 0.0697. The Balaban J connectivity index is 1.79. The fourth-order valence-electron chi connectivity index (χ4n) is 2.23. The summed E-state index contributed by atoms with van der Waals surface area (Å²) in [5.74, 6) is -0.0631. The van der Waals surface area contributed by atoms with Crippen molar-refractivity contribution in [2.45, 2.75) is 18.9 Å². The fourth-order valence-corrected chi connectivity index (χ4v) is 2.23. The van der Waals surface area contributed by atoms with Gasteiger partial charge in [0.1, 0.15) is 5.52 Å². The lowest BCUT2D eigenvalue weighted by Crippen LogP contribution is -2.38. The maximum atomic E-state index is 12.2. The molecule has 2 aromatic rings. The van der Waals surface area contributed by atoms with Crippen molar-refractivity contribution in [3.63, 3.8) is 0 Å². The van der Waals surface area contributed by atoms with Crippen LogP contribution in [0.4, 0.5) is 0 Å². The van der Waals surface area contributed by atoms with Gasteiger partial charge in [-0.05, 0) is 25.0 Å². The molecule has 0 bridgehead atoms. The van der Waals surface area contributed by atoms with Gasteiger partial charge >= 0.3 is 0 Å². The van der Waals surface area contributed by atoms with Gasteiger partial charge in [0.2, 0.25) is 0 Å². The van der Waals surface area contributed by atoms with E-state index in [9.17, 15) is 4.79 Å². The van der Waals surface area contributed by atoms with Crippen molar-refractivity contribution >= 4 is 16.9 Å². The molecule has 0 aliphatic carbocycles. The number of rotatable bonds is 2. The van der Waals surface area contributed by atoms with Gasteiger partial charge in [-0.2, -0.15) is 0 Å². The van der Waals surface area contributed by atoms with Crippen LogP contribution < -0.4 is 5.32 Å². The Morgan fingerprint density at radius 3 is 3.11 bits per heavy atom. The Morgan fingerprint density at radius 2 is 2.28 bits per heavy atom. The number of amides is 1. The number of carbonyl (C=O) groups is 1. The minimum atomic E-state index is -0.0631. The number of aromatic amines is 1. The minimum absolute atomic E-state index is 0.0631. The Bertz CT molecular complexity index is 558. The van der Waals surface area contributed by atoms with E-state index in [0.717, 1.165) is 37.1 Å². The quantitative estimate of drug-likeness (QED) is 0.842. The molecule has 2 N–H and O–H groups in total. The number of hydrogen-bond donors (Lipinski definition) is 2. The summed E-state index contributed by atoms with van der Waals surface area (Å²) in [6, 6.07) is 3.96. The summed E-state index contributed by atoms with van der Waals surface area (Å²) in [7, 11) is 0. The van der Waals surface area contributed by atoms with Crippen LogP contribution in [0.15, 0.2) is 24.5 Å². The number of fused-ring (bicyclic) bond motifs is 1. The Morgan fingerprint density at radius 1 is 1.44 bits per heavy atom. The first-order chi connectivity index (χ1) is 8.84. The molecule has 1 aliphatic rings. The monoisotopic (exact) mass is 245 g/mol. The molecule has 1 aliphatic heterocycles. The van der Waals surface area contributed by atoms with E-state index < -0.39 is 0 Å². The molecule has 94 valence electrons. The average molecular weight is 245 g/mol. The average Bonchev–Trinajstić information content (AvgIpc) is 2.84. The summed E-state index contributed by atoms with van der Waals surface area (Å²) in [6.45, 7) is 1.44. The number of carbonyl (C=O) groups excluding carboxylic acids is 1. The summed E-state index contributed by atoms with van der Waals surface area (Å²) in [4.78, 5) is 19.5. The molecule has 3 heterocycles. The molecule has 0 atom stereocenters. The van der Waals surface area contributed by atoms with Crippen LogP contribution in [-0.2, 0) is 4.74 Å². The van der Waals surface area contributed by atoms with Gasteiger partial charge in [0, 0.05) is 31.6 Å². The highest BCUT2D eigenvalue weighted by Crippen LogP contribution is 2.15. The molecule has 0 spiro atoms. The fraction of sp³-hybridized carbons (Fsp3) is 0.385. The predicted molar refractivity (Wildman–Crippen MR) is 67.4 cm³/mol. The normalized spacial score (nSPS) is 16.9. The van der Waals surface area contributed by atoms with E-state index in [0.29, 0.717) is 5.56 Å². The number of hydrogen-bond acceptors (Lipinski definition) is 3. The van der Waals surface area contributed by atoms with E-state index >= 15 is 0 Å². The highest BCUT2D eigenvalue weighted by molar-refractivity contribution is 6.05. The summed E-state index contributed by atoms with van der Waals surface area (Å²) in [6.07, 6.45) is 5.16. The van der Waals surface area contributed by atoms with Crippen LogP contribution in [0, 0.1) is 0 Å². The summed E-state index contributed by atoms with van der Waals surface area (Å²) in [5.41, 5.74) is 2.22. The van der Waals surface area contributed by atoms with Crippen LogP contribution in [0.2, 0.25) is 0 Å². The molecule has 0 aromatic carbocycles. The summed E-state index contributed by atoms with van der Waals surface area (Å²) in [5, 5.41) is 3.03. The molecule has 1 amide bonds. The zero-order chi connectivity index (χ0) is 12.4. The second-order valence-corrected chi connectivity index (χ2v) is 4.46. The van der Waals surface area contributed by atoms with Gasteiger partial charge in [-0.15, -0.1) is 0 Å². The van der Waals surface area contributed by atoms with E-state index in [1.54, 1.807) is 12.4 Å². The lowest BCUT2D eigenvalue weighted by atomic mass is 10.1. The molecule has 2 aromatic heterocycles. The zero-order valence-electron chi connectivity index (χ0n) is 9.98. The number of aromatic nitrogens is 2. The number of nitrogens with one attached hydrogen (secondary N) is 2. The van der Waals surface area contributed by atoms with Gasteiger partial charge in [0.15, 0.2) is 0 Å². The van der Waals surface area contributed by atoms with E-state index in [1.807, 2.05) is 12.1 Å². The van der Waals surface area contributed by atoms with E-state index in [2.05, 4.69) is 15.3 Å². The third kappa shape index (κ3) is 2.09. The van der Waals surface area contributed by atoms with Crippen molar-refractivity contribution in [2.24, 2.45) is 0 Å².